The van der Waals surface area contributed by atoms with E-state index in [0.29, 0.717) is 10.6 Å². The normalized spacial score (nSPS) is 11.0. The van der Waals surface area contributed by atoms with Crippen LogP contribution in [-0.2, 0) is 0 Å². The summed E-state index contributed by atoms with van der Waals surface area (Å²) in [6.45, 7) is 4.14. The van der Waals surface area contributed by atoms with Crippen molar-refractivity contribution in [2.45, 2.75) is 13.8 Å². The molecule has 2 aromatic rings. The predicted molar refractivity (Wildman–Crippen MR) is 84.6 cm³/mol. The van der Waals surface area contributed by atoms with E-state index < -0.39 is 0 Å². The van der Waals surface area contributed by atoms with E-state index in [9.17, 15) is 5.26 Å². The van der Waals surface area contributed by atoms with Crippen molar-refractivity contribution in [3.63, 3.8) is 0 Å². The van der Waals surface area contributed by atoms with E-state index in [4.69, 9.17) is 11.6 Å². The van der Waals surface area contributed by atoms with Crippen LogP contribution in [0.25, 0.3) is 5.57 Å². The minimum Gasteiger partial charge on any atom is -0.360 e. The van der Waals surface area contributed by atoms with Crippen LogP contribution in [0.4, 0.5) is 5.69 Å². The molecule has 2 aromatic carbocycles. The molecular weight excluding hydrogens is 268 g/mol. The Morgan fingerprint density at radius 3 is 2.40 bits per heavy atom. The van der Waals surface area contributed by atoms with Crippen LogP contribution >= 0.6 is 11.6 Å². The van der Waals surface area contributed by atoms with Crippen molar-refractivity contribution < 1.29 is 0 Å². The van der Waals surface area contributed by atoms with Gasteiger partial charge in [0, 0.05) is 16.9 Å². The third-order valence-electron chi connectivity index (χ3n) is 3.17. The van der Waals surface area contributed by atoms with Crippen molar-refractivity contribution >= 4 is 22.9 Å². The van der Waals surface area contributed by atoms with Gasteiger partial charge in [-0.25, -0.2) is 0 Å². The maximum Gasteiger partial charge on any atom is 0.101 e. The second-order valence-electron chi connectivity index (χ2n) is 4.62. The van der Waals surface area contributed by atoms with Crippen molar-refractivity contribution in [3.05, 3.63) is 70.4 Å². The van der Waals surface area contributed by atoms with Crippen LogP contribution in [0, 0.1) is 25.2 Å². The number of rotatable bonds is 3. The predicted octanol–water partition coefficient (Wildman–Crippen LogP) is 4.93. The van der Waals surface area contributed by atoms with Gasteiger partial charge in [0.25, 0.3) is 0 Å². The zero-order valence-electron chi connectivity index (χ0n) is 11.4. The van der Waals surface area contributed by atoms with Gasteiger partial charge in [0.1, 0.15) is 6.07 Å². The van der Waals surface area contributed by atoms with Gasteiger partial charge in [-0.05, 0) is 54.8 Å². The number of anilines is 1. The third kappa shape index (κ3) is 3.40. The smallest absolute Gasteiger partial charge is 0.101 e. The molecule has 0 saturated heterocycles. The maximum absolute atomic E-state index is 9.23. The van der Waals surface area contributed by atoms with E-state index in [1.165, 1.54) is 11.1 Å². The SMILES string of the molecule is Cc1ccc(NC=C(C#N)c2ccc(Cl)cc2)cc1C. The summed E-state index contributed by atoms with van der Waals surface area (Å²) in [4.78, 5) is 0. The molecule has 0 aliphatic rings. The van der Waals surface area contributed by atoms with E-state index in [0.717, 1.165) is 11.3 Å². The first-order valence-corrected chi connectivity index (χ1v) is 6.68. The monoisotopic (exact) mass is 282 g/mol. The zero-order valence-corrected chi connectivity index (χ0v) is 12.2. The van der Waals surface area contributed by atoms with Crippen LogP contribution < -0.4 is 5.32 Å². The quantitative estimate of drug-likeness (QED) is 0.810. The van der Waals surface area contributed by atoms with Crippen LogP contribution in [-0.4, -0.2) is 0 Å². The lowest BCUT2D eigenvalue weighted by Crippen LogP contribution is -1.92. The number of aryl methyl sites for hydroxylation is 2. The second kappa shape index (κ2) is 6.27. The number of halogens is 1. The molecule has 0 radical (unpaired) electrons. The number of allylic oxidation sites excluding steroid dienone is 1. The lowest BCUT2D eigenvalue weighted by molar-refractivity contribution is 1.34. The Hall–Kier alpha value is -2.24. The molecule has 3 heteroatoms. The summed E-state index contributed by atoms with van der Waals surface area (Å²) in [5.74, 6) is 0. The van der Waals surface area contributed by atoms with Gasteiger partial charge in [0.2, 0.25) is 0 Å². The molecule has 2 rings (SSSR count). The summed E-state index contributed by atoms with van der Waals surface area (Å²) >= 11 is 5.85. The highest BCUT2D eigenvalue weighted by Gasteiger charge is 2.01. The molecule has 0 fully saturated rings. The van der Waals surface area contributed by atoms with Gasteiger partial charge in [-0.3, -0.25) is 0 Å². The molecule has 0 aliphatic heterocycles. The highest BCUT2D eigenvalue weighted by atomic mass is 35.5. The highest BCUT2D eigenvalue weighted by molar-refractivity contribution is 6.30. The second-order valence-corrected chi connectivity index (χ2v) is 5.06. The molecule has 0 aromatic heterocycles. The van der Waals surface area contributed by atoms with E-state index >= 15 is 0 Å². The molecule has 2 nitrogen and oxygen atoms in total. The van der Waals surface area contributed by atoms with Crippen LogP contribution in [0.1, 0.15) is 16.7 Å². The number of nitrogens with zero attached hydrogens (tertiary/aromatic N) is 1. The molecule has 0 saturated carbocycles. The number of benzene rings is 2. The van der Waals surface area contributed by atoms with Crippen LogP contribution in [0.2, 0.25) is 5.02 Å². The first-order chi connectivity index (χ1) is 9.60. The topological polar surface area (TPSA) is 35.8 Å². The molecule has 0 bridgehead atoms. The number of nitriles is 1. The fourth-order valence-corrected chi connectivity index (χ4v) is 1.92. The van der Waals surface area contributed by atoms with E-state index in [-0.39, 0.29) is 0 Å². The lowest BCUT2D eigenvalue weighted by atomic mass is 10.1. The average Bonchev–Trinajstić information content (AvgIpc) is 2.45. The van der Waals surface area contributed by atoms with Gasteiger partial charge in [0.05, 0.1) is 5.57 Å². The van der Waals surface area contributed by atoms with E-state index in [1.54, 1.807) is 18.3 Å². The Balaban J connectivity index is 2.21. The van der Waals surface area contributed by atoms with Crippen LogP contribution in [0.3, 0.4) is 0 Å². The molecule has 0 aliphatic carbocycles. The fourth-order valence-electron chi connectivity index (χ4n) is 1.80. The summed E-state index contributed by atoms with van der Waals surface area (Å²) in [6, 6.07) is 15.5. The first-order valence-electron chi connectivity index (χ1n) is 6.30. The van der Waals surface area contributed by atoms with Gasteiger partial charge in [-0.1, -0.05) is 29.8 Å². The van der Waals surface area contributed by atoms with Crippen molar-refractivity contribution in [2.24, 2.45) is 0 Å². The van der Waals surface area contributed by atoms with Gasteiger partial charge in [0.15, 0.2) is 0 Å². The van der Waals surface area contributed by atoms with Crippen molar-refractivity contribution in [3.8, 4) is 6.07 Å². The fraction of sp³-hybridized carbons (Fsp3) is 0.118. The number of nitrogens with one attached hydrogen (secondary N) is 1. The lowest BCUT2D eigenvalue weighted by Gasteiger charge is -2.06. The van der Waals surface area contributed by atoms with Gasteiger partial charge in [-0.2, -0.15) is 5.26 Å². The molecule has 0 amide bonds. The molecule has 0 heterocycles. The molecule has 0 unspecified atom stereocenters. The van der Waals surface area contributed by atoms with Crippen molar-refractivity contribution in [1.29, 1.82) is 5.26 Å². The minimum atomic E-state index is 0.569. The summed E-state index contributed by atoms with van der Waals surface area (Å²) in [7, 11) is 0. The number of hydrogen-bond acceptors (Lipinski definition) is 2. The summed E-state index contributed by atoms with van der Waals surface area (Å²) in [5.41, 5.74) is 4.84. The standard InChI is InChI=1S/C17H15ClN2/c1-12-3-8-17(9-13(12)2)20-11-15(10-19)14-4-6-16(18)7-5-14/h3-9,11,20H,1-2H3. The highest BCUT2D eigenvalue weighted by Crippen LogP contribution is 2.19. The Labute approximate surface area is 124 Å². The van der Waals surface area contributed by atoms with Crippen LogP contribution in [0.5, 0.6) is 0 Å². The zero-order chi connectivity index (χ0) is 14.5. The van der Waals surface area contributed by atoms with Crippen molar-refractivity contribution in [1.82, 2.24) is 0 Å². The molecular formula is C17H15ClN2. The van der Waals surface area contributed by atoms with Crippen LogP contribution in [0.15, 0.2) is 48.7 Å². The summed E-state index contributed by atoms with van der Waals surface area (Å²) in [5, 5.41) is 13.1. The summed E-state index contributed by atoms with van der Waals surface area (Å²) in [6.07, 6.45) is 1.72. The molecule has 0 atom stereocenters. The summed E-state index contributed by atoms with van der Waals surface area (Å²) < 4.78 is 0. The minimum absolute atomic E-state index is 0.569. The number of hydrogen-bond donors (Lipinski definition) is 1. The molecule has 20 heavy (non-hydrogen) atoms. The Morgan fingerprint density at radius 2 is 1.80 bits per heavy atom. The molecule has 100 valence electrons. The van der Waals surface area contributed by atoms with Crippen molar-refractivity contribution in [2.75, 3.05) is 5.32 Å². The van der Waals surface area contributed by atoms with Gasteiger partial charge >= 0.3 is 0 Å². The third-order valence-corrected chi connectivity index (χ3v) is 3.42. The van der Waals surface area contributed by atoms with E-state index in [2.05, 4.69) is 37.4 Å². The van der Waals surface area contributed by atoms with Gasteiger partial charge < -0.3 is 5.32 Å². The van der Waals surface area contributed by atoms with Gasteiger partial charge in [-0.15, -0.1) is 0 Å². The maximum atomic E-state index is 9.23. The Kier molecular flexibility index (Phi) is 4.45. The molecule has 1 N–H and O–H groups in total. The Morgan fingerprint density at radius 1 is 1.10 bits per heavy atom. The molecule has 0 spiro atoms. The Bertz CT molecular complexity index is 679. The first kappa shape index (κ1) is 14.2. The van der Waals surface area contributed by atoms with E-state index in [1.807, 2.05) is 18.2 Å². The largest absolute Gasteiger partial charge is 0.360 e. The average molecular weight is 283 g/mol.